The zero-order valence-electron chi connectivity index (χ0n) is 18.1. The van der Waals surface area contributed by atoms with Crippen molar-refractivity contribution in [2.45, 2.75) is 24.7 Å². The van der Waals surface area contributed by atoms with Gasteiger partial charge in [-0.1, -0.05) is 23.7 Å². The normalized spacial score (nSPS) is 15.2. The number of carbonyl (C=O) groups is 2. The number of halogens is 1. The molecule has 0 aromatic heterocycles. The summed E-state index contributed by atoms with van der Waals surface area (Å²) >= 11 is 6.16. The first kappa shape index (κ1) is 24.0. The fourth-order valence-corrected chi connectivity index (χ4v) is 5.33. The summed E-state index contributed by atoms with van der Waals surface area (Å²) in [6.45, 7) is 1.79. The van der Waals surface area contributed by atoms with Gasteiger partial charge in [0.1, 0.15) is 11.5 Å². The van der Waals surface area contributed by atoms with Crippen molar-refractivity contribution < 1.29 is 27.5 Å². The molecule has 0 radical (unpaired) electrons. The number of hydrogen-bond acceptors (Lipinski definition) is 6. The molecule has 2 aromatic carbocycles. The summed E-state index contributed by atoms with van der Waals surface area (Å²) in [7, 11) is -0.794. The van der Waals surface area contributed by atoms with Crippen molar-refractivity contribution in [1.29, 1.82) is 0 Å². The molecule has 0 atom stereocenters. The quantitative estimate of drug-likeness (QED) is 0.607. The minimum atomic E-state index is -3.75. The average Bonchev–Trinajstić information content (AvgIpc) is 2.79. The molecule has 2 aromatic rings. The van der Waals surface area contributed by atoms with Crippen molar-refractivity contribution in [1.82, 2.24) is 4.31 Å². The number of benzene rings is 2. The number of ether oxygens (including phenoxy) is 2. The Balaban J connectivity index is 1.68. The number of amides is 1. The summed E-state index contributed by atoms with van der Waals surface area (Å²) < 4.78 is 37.8. The second kappa shape index (κ2) is 9.89. The van der Waals surface area contributed by atoms with E-state index in [1.165, 1.54) is 37.6 Å². The van der Waals surface area contributed by atoms with Gasteiger partial charge in [0, 0.05) is 30.6 Å². The zero-order chi connectivity index (χ0) is 23.5. The van der Waals surface area contributed by atoms with Crippen molar-refractivity contribution in [2.75, 3.05) is 32.6 Å². The molecule has 0 unspecified atom stereocenters. The molecule has 1 amide bonds. The third-order valence-corrected chi connectivity index (χ3v) is 7.62. The Kier molecular flexibility index (Phi) is 7.43. The molecule has 1 aliphatic rings. The van der Waals surface area contributed by atoms with Crippen molar-refractivity contribution in [2.24, 2.45) is 5.92 Å². The fourth-order valence-electron chi connectivity index (χ4n) is 3.58. The third kappa shape index (κ3) is 5.06. The summed E-state index contributed by atoms with van der Waals surface area (Å²) in [5.41, 5.74) is 0.756. The smallest absolute Gasteiger partial charge is 0.243 e. The van der Waals surface area contributed by atoms with E-state index in [9.17, 15) is 18.0 Å². The van der Waals surface area contributed by atoms with Crippen molar-refractivity contribution >= 4 is 39.0 Å². The van der Waals surface area contributed by atoms with Gasteiger partial charge in [0.15, 0.2) is 5.78 Å². The first-order valence-electron chi connectivity index (χ1n) is 10.0. The Labute approximate surface area is 192 Å². The molecule has 32 heavy (non-hydrogen) atoms. The van der Waals surface area contributed by atoms with Gasteiger partial charge >= 0.3 is 0 Å². The maximum absolute atomic E-state index is 13.0. The molecule has 0 spiro atoms. The second-order valence-electron chi connectivity index (χ2n) is 7.44. The monoisotopic (exact) mass is 480 g/mol. The molecule has 172 valence electrons. The van der Waals surface area contributed by atoms with Gasteiger partial charge in [0.25, 0.3) is 0 Å². The highest BCUT2D eigenvalue weighted by atomic mass is 35.5. The maximum atomic E-state index is 13.0. The Morgan fingerprint density at radius 2 is 1.72 bits per heavy atom. The van der Waals surface area contributed by atoms with Gasteiger partial charge in [-0.05, 0) is 38.0 Å². The standard InChI is InChI=1S/C22H25ClN2O6S/c1-14(26)16-5-4-6-17(11-16)32(28,29)25-9-7-15(8-10-25)22(27)24-19-12-18(23)20(30-2)13-21(19)31-3/h4-6,11-13,15H,7-10H2,1-3H3,(H,24,27). The summed E-state index contributed by atoms with van der Waals surface area (Å²) in [5.74, 6) is 0.0288. The number of nitrogens with zero attached hydrogens (tertiary/aromatic N) is 1. The van der Waals surface area contributed by atoms with Crippen LogP contribution in [-0.2, 0) is 14.8 Å². The van der Waals surface area contributed by atoms with Gasteiger partial charge < -0.3 is 14.8 Å². The lowest BCUT2D eigenvalue weighted by atomic mass is 9.97. The number of ketones is 1. The number of rotatable bonds is 7. The number of piperidine rings is 1. The van der Waals surface area contributed by atoms with E-state index in [4.69, 9.17) is 21.1 Å². The van der Waals surface area contributed by atoms with E-state index in [1.54, 1.807) is 24.3 Å². The number of sulfonamides is 1. The largest absolute Gasteiger partial charge is 0.495 e. The maximum Gasteiger partial charge on any atom is 0.243 e. The minimum absolute atomic E-state index is 0.0747. The van der Waals surface area contributed by atoms with Crippen LogP contribution in [0, 0.1) is 5.92 Å². The van der Waals surface area contributed by atoms with E-state index >= 15 is 0 Å². The summed E-state index contributed by atoms with van der Waals surface area (Å²) in [4.78, 5) is 24.5. The Morgan fingerprint density at radius 3 is 2.31 bits per heavy atom. The van der Waals surface area contributed by atoms with Crippen LogP contribution in [-0.4, -0.2) is 51.7 Å². The number of carbonyl (C=O) groups excluding carboxylic acids is 2. The predicted octanol–water partition coefficient (Wildman–Crippen LogP) is 3.60. The minimum Gasteiger partial charge on any atom is -0.495 e. The highest BCUT2D eigenvalue weighted by Gasteiger charge is 2.32. The van der Waals surface area contributed by atoms with Gasteiger partial charge in [-0.3, -0.25) is 9.59 Å². The summed E-state index contributed by atoms with van der Waals surface area (Å²) in [5, 5.41) is 3.15. The van der Waals surface area contributed by atoms with Gasteiger partial charge in [0.05, 0.1) is 29.8 Å². The lowest BCUT2D eigenvalue weighted by Gasteiger charge is -2.30. The predicted molar refractivity (Wildman–Crippen MR) is 121 cm³/mol. The lowest BCUT2D eigenvalue weighted by Crippen LogP contribution is -2.41. The number of anilines is 1. The van der Waals surface area contributed by atoms with Gasteiger partial charge in [-0.25, -0.2) is 8.42 Å². The molecule has 0 aliphatic carbocycles. The van der Waals surface area contributed by atoms with Crippen LogP contribution >= 0.6 is 11.6 Å². The van der Waals surface area contributed by atoms with E-state index in [2.05, 4.69) is 5.32 Å². The van der Waals surface area contributed by atoms with E-state index in [1.807, 2.05) is 0 Å². The Morgan fingerprint density at radius 1 is 1.06 bits per heavy atom. The fraction of sp³-hybridized carbons (Fsp3) is 0.364. The van der Waals surface area contributed by atoms with Crippen LogP contribution < -0.4 is 14.8 Å². The first-order chi connectivity index (χ1) is 15.2. The highest BCUT2D eigenvalue weighted by Crippen LogP contribution is 2.36. The molecule has 1 heterocycles. The number of Topliss-reactive ketones (excluding diaryl/α,β-unsaturated/α-hetero) is 1. The van der Waals surface area contributed by atoms with Gasteiger partial charge in [-0.15, -0.1) is 0 Å². The van der Waals surface area contributed by atoms with E-state index < -0.39 is 10.0 Å². The molecule has 8 nitrogen and oxygen atoms in total. The molecule has 1 saturated heterocycles. The highest BCUT2D eigenvalue weighted by molar-refractivity contribution is 7.89. The molecule has 0 saturated carbocycles. The van der Waals surface area contributed by atoms with E-state index in [0.29, 0.717) is 40.6 Å². The van der Waals surface area contributed by atoms with Crippen LogP contribution in [0.15, 0.2) is 41.3 Å². The first-order valence-corrected chi connectivity index (χ1v) is 11.8. The van der Waals surface area contributed by atoms with Crippen LogP contribution in [0.3, 0.4) is 0 Å². The lowest BCUT2D eigenvalue weighted by molar-refractivity contribution is -0.120. The van der Waals surface area contributed by atoms with Crippen molar-refractivity contribution in [3.63, 3.8) is 0 Å². The Hall–Kier alpha value is -2.62. The van der Waals surface area contributed by atoms with Crippen LogP contribution in [0.4, 0.5) is 5.69 Å². The molecule has 1 fully saturated rings. The molecule has 3 rings (SSSR count). The zero-order valence-corrected chi connectivity index (χ0v) is 19.6. The molecular formula is C22H25ClN2O6S. The number of methoxy groups -OCH3 is 2. The van der Waals surface area contributed by atoms with Gasteiger partial charge in [-0.2, -0.15) is 4.31 Å². The molecular weight excluding hydrogens is 456 g/mol. The summed E-state index contributed by atoms with van der Waals surface area (Å²) in [6, 6.07) is 9.13. The molecule has 10 heteroatoms. The van der Waals surface area contributed by atoms with E-state index in [0.717, 1.165) is 0 Å². The van der Waals surface area contributed by atoms with E-state index in [-0.39, 0.29) is 35.6 Å². The van der Waals surface area contributed by atoms with Crippen molar-refractivity contribution in [3.05, 3.63) is 47.0 Å². The average molecular weight is 481 g/mol. The third-order valence-electron chi connectivity index (χ3n) is 5.43. The van der Waals surface area contributed by atoms with Crippen LogP contribution in [0.2, 0.25) is 5.02 Å². The van der Waals surface area contributed by atoms with Crippen LogP contribution in [0.25, 0.3) is 0 Å². The van der Waals surface area contributed by atoms with Crippen LogP contribution in [0.1, 0.15) is 30.1 Å². The molecule has 0 bridgehead atoms. The number of hydrogen-bond donors (Lipinski definition) is 1. The topological polar surface area (TPSA) is 102 Å². The SMILES string of the molecule is COc1cc(OC)c(NC(=O)C2CCN(S(=O)(=O)c3cccc(C(C)=O)c3)CC2)cc1Cl. The summed E-state index contributed by atoms with van der Waals surface area (Å²) in [6.07, 6.45) is 0.729. The molecule has 1 N–H and O–H groups in total. The second-order valence-corrected chi connectivity index (χ2v) is 9.78. The van der Waals surface area contributed by atoms with Gasteiger partial charge in [0.2, 0.25) is 15.9 Å². The molecule has 1 aliphatic heterocycles. The van der Waals surface area contributed by atoms with Crippen molar-refractivity contribution in [3.8, 4) is 11.5 Å². The Bertz CT molecular complexity index is 1130. The van der Waals surface area contributed by atoms with Crippen LogP contribution in [0.5, 0.6) is 11.5 Å². The number of nitrogens with one attached hydrogen (secondary N) is 1.